The number of H-pyrrole nitrogens is 1. The van der Waals surface area contributed by atoms with Crippen LogP contribution >= 0.6 is 31.9 Å². The van der Waals surface area contributed by atoms with Crippen molar-refractivity contribution in [2.24, 2.45) is 0 Å². The second kappa shape index (κ2) is 9.32. The zero-order chi connectivity index (χ0) is 20.8. The van der Waals surface area contributed by atoms with Gasteiger partial charge in [-0.25, -0.2) is 5.10 Å². The second-order valence-electron chi connectivity index (χ2n) is 5.87. The minimum absolute atomic E-state index is 0.0603. The van der Waals surface area contributed by atoms with Crippen LogP contribution < -0.4 is 16.2 Å². The zero-order valence-electron chi connectivity index (χ0n) is 14.8. The first-order valence-corrected chi connectivity index (χ1v) is 9.94. The maximum atomic E-state index is 12.1. The van der Waals surface area contributed by atoms with Crippen molar-refractivity contribution in [3.63, 3.8) is 0 Å². The van der Waals surface area contributed by atoms with E-state index in [1.54, 1.807) is 24.3 Å². The molecule has 0 bridgehead atoms. The molecule has 3 aromatic rings. The van der Waals surface area contributed by atoms with Crippen LogP contribution in [0.25, 0.3) is 0 Å². The third kappa shape index (κ3) is 5.19. The molecule has 0 fully saturated rings. The summed E-state index contributed by atoms with van der Waals surface area (Å²) in [5.41, 5.74) is 2.33. The highest BCUT2D eigenvalue weighted by Gasteiger charge is 2.12. The van der Waals surface area contributed by atoms with Gasteiger partial charge in [0.05, 0.1) is 23.4 Å². The number of aromatic nitrogens is 3. The fourth-order valence-electron chi connectivity index (χ4n) is 2.45. The van der Waals surface area contributed by atoms with Crippen LogP contribution in [0.1, 0.15) is 17.5 Å². The van der Waals surface area contributed by atoms with Crippen molar-refractivity contribution in [2.75, 3.05) is 10.6 Å². The molecule has 0 aliphatic carbocycles. The molecule has 0 saturated heterocycles. The molecule has 0 amide bonds. The number of aromatic amines is 1. The Kier molecular flexibility index (Phi) is 6.60. The number of benzene rings is 2. The van der Waals surface area contributed by atoms with Gasteiger partial charge in [0.15, 0.2) is 0 Å². The monoisotopic (exact) mass is 513 g/mol. The summed E-state index contributed by atoms with van der Waals surface area (Å²) in [5.74, 6) is 0.247. The lowest BCUT2D eigenvalue weighted by atomic mass is 10.1. The minimum atomic E-state index is -0.482. The number of nitrogens with one attached hydrogen (secondary N) is 3. The fraction of sp³-hybridized carbons (Fsp3) is 0.105. The van der Waals surface area contributed by atoms with Crippen molar-refractivity contribution in [3.05, 3.63) is 66.8 Å². The Morgan fingerprint density at radius 2 is 1.76 bits per heavy atom. The van der Waals surface area contributed by atoms with Gasteiger partial charge in [0.1, 0.15) is 0 Å². The molecule has 8 nitrogen and oxygen atoms in total. The lowest BCUT2D eigenvalue weighted by Gasteiger charge is -2.12. The highest BCUT2D eigenvalue weighted by atomic mass is 79.9. The smallest absolute Gasteiger partial charge is 0.307 e. The molecular formula is C19H13Br2N7O. The summed E-state index contributed by atoms with van der Waals surface area (Å²) in [6.45, 7) is 0. The summed E-state index contributed by atoms with van der Waals surface area (Å²) in [6.07, 6.45) is 1.07. The number of hydrogen-bond donors (Lipinski definition) is 3. The fourth-order valence-corrected chi connectivity index (χ4v) is 3.92. The summed E-state index contributed by atoms with van der Waals surface area (Å²) in [4.78, 5) is 16.3. The van der Waals surface area contributed by atoms with Crippen molar-refractivity contribution in [3.8, 4) is 12.1 Å². The Labute approximate surface area is 182 Å². The summed E-state index contributed by atoms with van der Waals surface area (Å²) in [6, 6.07) is 14.6. The number of halogens is 2. The van der Waals surface area contributed by atoms with Crippen LogP contribution in [0.3, 0.4) is 0 Å². The lowest BCUT2D eigenvalue weighted by Crippen LogP contribution is -2.17. The summed E-state index contributed by atoms with van der Waals surface area (Å²) in [7, 11) is 0. The van der Waals surface area contributed by atoms with Crippen LogP contribution in [0.4, 0.5) is 23.1 Å². The third-order valence-corrected chi connectivity index (χ3v) is 5.09. The molecule has 2 aromatic carbocycles. The van der Waals surface area contributed by atoms with Crippen LogP contribution in [0.5, 0.6) is 0 Å². The van der Waals surface area contributed by atoms with Gasteiger partial charge in [-0.15, -0.1) is 5.10 Å². The van der Waals surface area contributed by atoms with Crippen LogP contribution in [0, 0.1) is 22.7 Å². The average Bonchev–Trinajstić information content (AvgIpc) is 2.72. The summed E-state index contributed by atoms with van der Waals surface area (Å²) < 4.78 is 1.52. The van der Waals surface area contributed by atoms with Crippen LogP contribution in [0.15, 0.2) is 50.1 Å². The van der Waals surface area contributed by atoms with Gasteiger partial charge in [-0.2, -0.15) is 15.5 Å². The van der Waals surface area contributed by atoms with E-state index in [-0.39, 0.29) is 11.8 Å². The standard InChI is InChI=1S/C19H13Br2N7O/c20-14-8-12(2-1-7-22)9-15(21)16(14)25-19-26-17(18(29)27-28-19)24-13-5-3-11(10-23)4-6-13/h3-6,8-9H,1-2H2,(H,27,29)(H2,24,25,26,28). The molecule has 0 atom stereocenters. The maximum Gasteiger partial charge on any atom is 0.307 e. The second-order valence-corrected chi connectivity index (χ2v) is 7.58. The SMILES string of the molecule is N#CCCc1cc(Br)c(Nc2n[nH]c(=O)c(Nc3ccc(C#N)cc3)n2)c(Br)c1. The van der Waals surface area contributed by atoms with Crippen molar-refractivity contribution in [1.29, 1.82) is 10.5 Å². The Morgan fingerprint density at radius 3 is 2.38 bits per heavy atom. The number of anilines is 4. The molecular weight excluding hydrogens is 502 g/mol. The zero-order valence-corrected chi connectivity index (χ0v) is 18.0. The number of nitrogens with zero attached hydrogens (tertiary/aromatic N) is 4. The van der Waals surface area contributed by atoms with E-state index < -0.39 is 5.56 Å². The van der Waals surface area contributed by atoms with Gasteiger partial charge in [0.25, 0.3) is 0 Å². The van der Waals surface area contributed by atoms with Gasteiger partial charge in [0, 0.05) is 21.1 Å². The van der Waals surface area contributed by atoms with Gasteiger partial charge in [-0.3, -0.25) is 4.79 Å². The summed E-state index contributed by atoms with van der Waals surface area (Å²) in [5, 5.41) is 29.9. The molecule has 1 aromatic heterocycles. The van der Waals surface area contributed by atoms with Gasteiger partial charge < -0.3 is 10.6 Å². The minimum Gasteiger partial charge on any atom is -0.335 e. The topological polar surface area (TPSA) is 130 Å². The molecule has 3 rings (SSSR count). The predicted molar refractivity (Wildman–Crippen MR) is 116 cm³/mol. The molecule has 1 heterocycles. The van der Waals surface area contributed by atoms with Gasteiger partial charge in [-0.1, -0.05) is 0 Å². The first-order chi connectivity index (χ1) is 14.0. The third-order valence-electron chi connectivity index (χ3n) is 3.84. The van der Waals surface area contributed by atoms with Crippen molar-refractivity contribution in [2.45, 2.75) is 12.8 Å². The summed E-state index contributed by atoms with van der Waals surface area (Å²) >= 11 is 7.01. The molecule has 0 spiro atoms. The van der Waals surface area contributed by atoms with E-state index in [0.717, 1.165) is 14.5 Å². The van der Waals surface area contributed by atoms with E-state index in [2.05, 4.69) is 63.7 Å². The average molecular weight is 515 g/mol. The predicted octanol–water partition coefficient (Wildman–Crippen LogP) is 4.50. The van der Waals surface area contributed by atoms with E-state index in [9.17, 15) is 4.79 Å². The van der Waals surface area contributed by atoms with Gasteiger partial charge in [0.2, 0.25) is 11.8 Å². The molecule has 3 N–H and O–H groups in total. The maximum absolute atomic E-state index is 12.1. The number of nitriles is 2. The Balaban J connectivity index is 1.84. The van der Waals surface area contributed by atoms with E-state index in [0.29, 0.717) is 29.8 Å². The first-order valence-electron chi connectivity index (χ1n) is 8.36. The Hall–Kier alpha value is -3.21. The Morgan fingerprint density at radius 1 is 1.07 bits per heavy atom. The first kappa shape index (κ1) is 20.5. The normalized spacial score (nSPS) is 10.1. The van der Waals surface area contributed by atoms with Crippen molar-refractivity contribution < 1.29 is 0 Å². The molecule has 0 saturated carbocycles. The van der Waals surface area contributed by atoms with Crippen LogP contribution in [-0.2, 0) is 6.42 Å². The van der Waals surface area contributed by atoms with Crippen molar-refractivity contribution in [1.82, 2.24) is 15.2 Å². The largest absolute Gasteiger partial charge is 0.335 e. The van der Waals surface area contributed by atoms with E-state index in [1.165, 1.54) is 0 Å². The quantitative estimate of drug-likeness (QED) is 0.441. The molecule has 0 radical (unpaired) electrons. The molecule has 29 heavy (non-hydrogen) atoms. The van der Waals surface area contributed by atoms with E-state index in [1.807, 2.05) is 18.2 Å². The van der Waals surface area contributed by atoms with E-state index in [4.69, 9.17) is 10.5 Å². The van der Waals surface area contributed by atoms with Crippen LogP contribution in [0.2, 0.25) is 0 Å². The van der Waals surface area contributed by atoms with E-state index >= 15 is 0 Å². The van der Waals surface area contributed by atoms with Crippen molar-refractivity contribution >= 4 is 55.0 Å². The molecule has 0 aliphatic heterocycles. The highest BCUT2D eigenvalue weighted by Crippen LogP contribution is 2.34. The highest BCUT2D eigenvalue weighted by molar-refractivity contribution is 9.11. The molecule has 0 aliphatic rings. The van der Waals surface area contributed by atoms with Gasteiger partial charge >= 0.3 is 5.56 Å². The number of rotatable bonds is 6. The number of aryl methyl sites for hydroxylation is 1. The number of hydrogen-bond acceptors (Lipinski definition) is 7. The molecule has 144 valence electrons. The van der Waals surface area contributed by atoms with Crippen LogP contribution in [-0.4, -0.2) is 15.2 Å². The molecule has 0 unspecified atom stereocenters. The van der Waals surface area contributed by atoms with Gasteiger partial charge in [-0.05, 0) is 80.2 Å². The molecule has 10 heteroatoms. The lowest BCUT2D eigenvalue weighted by molar-refractivity contribution is 0.944. The Bertz CT molecular complexity index is 1150.